The predicted octanol–water partition coefficient (Wildman–Crippen LogP) is 3.00. The van der Waals surface area contributed by atoms with Gasteiger partial charge in [-0.15, -0.1) is 0 Å². The Kier molecular flexibility index (Phi) is 4.10. The van der Waals surface area contributed by atoms with Gasteiger partial charge in [0, 0.05) is 29.2 Å². The average molecular weight is 356 g/mol. The summed E-state index contributed by atoms with van der Waals surface area (Å²) in [5, 5.41) is 14.6. The molecule has 8 heteroatoms. The molecule has 128 valence electrons. The van der Waals surface area contributed by atoms with Gasteiger partial charge in [0.15, 0.2) is 11.6 Å². The molecule has 25 heavy (non-hydrogen) atoms. The molecule has 7 nitrogen and oxygen atoms in total. The highest BCUT2D eigenvalue weighted by molar-refractivity contribution is 6.30. The van der Waals surface area contributed by atoms with Crippen LogP contribution in [0.4, 0.5) is 5.82 Å². The van der Waals surface area contributed by atoms with Crippen molar-refractivity contribution >= 4 is 17.4 Å². The van der Waals surface area contributed by atoms with E-state index in [0.29, 0.717) is 16.7 Å². The van der Waals surface area contributed by atoms with Crippen molar-refractivity contribution in [2.24, 2.45) is 0 Å². The third-order valence-electron chi connectivity index (χ3n) is 4.14. The number of nitrogens with one attached hydrogen (secondary N) is 3. The zero-order valence-corrected chi connectivity index (χ0v) is 14.7. The standard InChI is InChI=1S/C17H18ClN7/c1-9(15-21-10(2)24-25-15)20-17-13-7-19-8-14(13)22-16(23-17)11-3-5-12(18)6-4-11/h3-6,9,19H,7-8H2,1-2H3,(H,20,22,23)(H,21,24,25)/t9-/m1/s1. The van der Waals surface area contributed by atoms with Gasteiger partial charge in [-0.1, -0.05) is 11.6 Å². The van der Waals surface area contributed by atoms with E-state index >= 15 is 0 Å². The van der Waals surface area contributed by atoms with E-state index in [2.05, 4.69) is 25.8 Å². The Morgan fingerprint density at radius 1 is 1.12 bits per heavy atom. The van der Waals surface area contributed by atoms with E-state index in [1.54, 1.807) is 0 Å². The smallest absolute Gasteiger partial charge is 0.172 e. The summed E-state index contributed by atoms with van der Waals surface area (Å²) in [6.07, 6.45) is 0. The Labute approximate surface area is 150 Å². The second-order valence-corrected chi connectivity index (χ2v) is 6.51. The summed E-state index contributed by atoms with van der Waals surface area (Å²) >= 11 is 5.98. The van der Waals surface area contributed by atoms with Gasteiger partial charge in [0.1, 0.15) is 11.6 Å². The van der Waals surface area contributed by atoms with Crippen LogP contribution >= 0.6 is 11.6 Å². The van der Waals surface area contributed by atoms with Gasteiger partial charge in [0.05, 0.1) is 11.7 Å². The first kappa shape index (κ1) is 16.0. The highest BCUT2D eigenvalue weighted by Gasteiger charge is 2.22. The molecule has 1 aliphatic heterocycles. The van der Waals surface area contributed by atoms with Crippen molar-refractivity contribution in [2.75, 3.05) is 5.32 Å². The number of aromatic nitrogens is 5. The lowest BCUT2D eigenvalue weighted by molar-refractivity contribution is 0.755. The predicted molar refractivity (Wildman–Crippen MR) is 96.2 cm³/mol. The van der Waals surface area contributed by atoms with Gasteiger partial charge in [-0.05, 0) is 38.1 Å². The van der Waals surface area contributed by atoms with Gasteiger partial charge in [0.2, 0.25) is 0 Å². The van der Waals surface area contributed by atoms with Crippen LogP contribution in [0.5, 0.6) is 0 Å². The lowest BCUT2D eigenvalue weighted by Crippen LogP contribution is -2.13. The van der Waals surface area contributed by atoms with Crippen molar-refractivity contribution in [2.45, 2.75) is 33.0 Å². The first-order valence-electron chi connectivity index (χ1n) is 8.12. The quantitative estimate of drug-likeness (QED) is 0.666. The minimum absolute atomic E-state index is 0.0670. The van der Waals surface area contributed by atoms with Crippen LogP contribution in [0.1, 0.15) is 35.9 Å². The van der Waals surface area contributed by atoms with Gasteiger partial charge in [-0.25, -0.2) is 15.0 Å². The number of nitrogens with zero attached hydrogens (tertiary/aromatic N) is 4. The number of aryl methyl sites for hydroxylation is 1. The fraction of sp³-hybridized carbons (Fsp3) is 0.294. The molecule has 0 bridgehead atoms. The Balaban J connectivity index is 1.70. The summed E-state index contributed by atoms with van der Waals surface area (Å²) in [7, 11) is 0. The first-order valence-corrected chi connectivity index (χ1v) is 8.50. The summed E-state index contributed by atoms with van der Waals surface area (Å²) in [6, 6.07) is 7.48. The molecule has 3 aromatic rings. The van der Waals surface area contributed by atoms with E-state index in [-0.39, 0.29) is 6.04 Å². The Morgan fingerprint density at radius 3 is 2.64 bits per heavy atom. The maximum Gasteiger partial charge on any atom is 0.172 e. The highest BCUT2D eigenvalue weighted by Crippen LogP contribution is 2.28. The van der Waals surface area contributed by atoms with Crippen LogP contribution in [0.3, 0.4) is 0 Å². The molecule has 2 aromatic heterocycles. The monoisotopic (exact) mass is 355 g/mol. The third kappa shape index (κ3) is 3.20. The summed E-state index contributed by atoms with van der Waals surface area (Å²) < 4.78 is 0. The second kappa shape index (κ2) is 6.42. The third-order valence-corrected chi connectivity index (χ3v) is 4.40. The number of halogens is 1. The van der Waals surface area contributed by atoms with Crippen molar-refractivity contribution < 1.29 is 0 Å². The minimum atomic E-state index is -0.0670. The maximum absolute atomic E-state index is 5.98. The lowest BCUT2D eigenvalue weighted by Gasteiger charge is -2.15. The minimum Gasteiger partial charge on any atom is -0.360 e. The molecule has 0 amide bonds. The number of benzene rings is 1. The number of hydrogen-bond donors (Lipinski definition) is 3. The number of hydrogen-bond acceptors (Lipinski definition) is 6. The van der Waals surface area contributed by atoms with Gasteiger partial charge in [-0.3, -0.25) is 5.10 Å². The number of rotatable bonds is 4. The molecule has 0 fully saturated rings. The molecule has 0 saturated carbocycles. The molecule has 3 N–H and O–H groups in total. The topological polar surface area (TPSA) is 91.4 Å². The molecule has 0 aliphatic carbocycles. The van der Waals surface area contributed by atoms with Gasteiger partial charge >= 0.3 is 0 Å². The molecule has 1 atom stereocenters. The SMILES string of the molecule is Cc1nc([C@@H](C)Nc2nc(-c3ccc(Cl)cc3)nc3c2CNC3)n[nH]1. The van der Waals surface area contributed by atoms with Crippen LogP contribution in [-0.4, -0.2) is 25.1 Å². The fourth-order valence-electron chi connectivity index (χ4n) is 2.84. The van der Waals surface area contributed by atoms with Crippen LogP contribution in [0.15, 0.2) is 24.3 Å². The van der Waals surface area contributed by atoms with E-state index < -0.39 is 0 Å². The lowest BCUT2D eigenvalue weighted by atomic mass is 10.1. The molecule has 1 aliphatic rings. The highest BCUT2D eigenvalue weighted by atomic mass is 35.5. The molecular weight excluding hydrogens is 338 g/mol. The summed E-state index contributed by atoms with van der Waals surface area (Å²) in [4.78, 5) is 13.8. The molecule has 0 unspecified atom stereocenters. The van der Waals surface area contributed by atoms with E-state index in [9.17, 15) is 0 Å². The number of H-pyrrole nitrogens is 1. The van der Waals surface area contributed by atoms with Crippen LogP contribution in [0, 0.1) is 6.92 Å². The van der Waals surface area contributed by atoms with Gasteiger partial charge < -0.3 is 10.6 Å². The molecule has 0 spiro atoms. The number of fused-ring (bicyclic) bond motifs is 1. The van der Waals surface area contributed by atoms with Crippen LogP contribution in [0.25, 0.3) is 11.4 Å². The first-order chi connectivity index (χ1) is 12.1. The number of aromatic amines is 1. The van der Waals surface area contributed by atoms with E-state index in [0.717, 1.165) is 41.6 Å². The summed E-state index contributed by atoms with van der Waals surface area (Å²) in [5.74, 6) is 3.00. The maximum atomic E-state index is 5.98. The van der Waals surface area contributed by atoms with Gasteiger partial charge in [0.25, 0.3) is 0 Å². The normalized spacial score (nSPS) is 14.4. The number of anilines is 1. The van der Waals surface area contributed by atoms with E-state index in [1.807, 2.05) is 38.1 Å². The van der Waals surface area contributed by atoms with Crippen molar-refractivity contribution in [3.8, 4) is 11.4 Å². The molecule has 0 radical (unpaired) electrons. The van der Waals surface area contributed by atoms with E-state index in [1.165, 1.54) is 0 Å². The van der Waals surface area contributed by atoms with Crippen LogP contribution in [-0.2, 0) is 13.1 Å². The van der Waals surface area contributed by atoms with Crippen molar-refractivity contribution in [3.05, 3.63) is 52.2 Å². The van der Waals surface area contributed by atoms with Gasteiger partial charge in [-0.2, -0.15) is 5.10 Å². The summed E-state index contributed by atoms with van der Waals surface area (Å²) in [5.41, 5.74) is 3.04. The fourth-order valence-corrected chi connectivity index (χ4v) is 2.96. The molecule has 4 rings (SSSR count). The zero-order chi connectivity index (χ0) is 17.4. The van der Waals surface area contributed by atoms with Crippen LogP contribution in [0.2, 0.25) is 5.02 Å². The molecule has 0 saturated heterocycles. The zero-order valence-electron chi connectivity index (χ0n) is 14.0. The van der Waals surface area contributed by atoms with Crippen molar-refractivity contribution in [1.29, 1.82) is 0 Å². The molecule has 3 heterocycles. The second-order valence-electron chi connectivity index (χ2n) is 6.08. The Hall–Kier alpha value is -2.51. The Bertz CT molecular complexity index is 904. The summed E-state index contributed by atoms with van der Waals surface area (Å²) in [6.45, 7) is 5.38. The molecule has 1 aromatic carbocycles. The van der Waals surface area contributed by atoms with Crippen molar-refractivity contribution in [3.63, 3.8) is 0 Å². The van der Waals surface area contributed by atoms with Crippen molar-refractivity contribution in [1.82, 2.24) is 30.5 Å². The molecular formula is C17H18ClN7. The average Bonchev–Trinajstić information content (AvgIpc) is 3.24. The van der Waals surface area contributed by atoms with Crippen LogP contribution < -0.4 is 10.6 Å². The van der Waals surface area contributed by atoms with E-state index in [4.69, 9.17) is 21.6 Å². The largest absolute Gasteiger partial charge is 0.360 e. The Morgan fingerprint density at radius 2 is 1.92 bits per heavy atom.